The summed E-state index contributed by atoms with van der Waals surface area (Å²) in [4.78, 5) is 26.8. The summed E-state index contributed by atoms with van der Waals surface area (Å²) in [5.41, 5.74) is 0.993. The molecule has 0 aromatic carbocycles. The average molecular weight is 349 g/mol. The van der Waals surface area contributed by atoms with Crippen molar-refractivity contribution in [3.63, 3.8) is 0 Å². The monoisotopic (exact) mass is 349 g/mol. The van der Waals surface area contributed by atoms with E-state index >= 15 is 0 Å². The first-order valence-corrected chi connectivity index (χ1v) is 8.89. The van der Waals surface area contributed by atoms with Gasteiger partial charge in [-0.1, -0.05) is 26.0 Å². The third-order valence-electron chi connectivity index (χ3n) is 5.41. The van der Waals surface area contributed by atoms with Crippen LogP contribution in [0.4, 0.5) is 0 Å². The molecule has 3 unspecified atom stereocenters. The van der Waals surface area contributed by atoms with Crippen LogP contribution < -0.4 is 5.32 Å². The number of aliphatic hydroxyl groups excluding tert-OH is 1. The summed E-state index contributed by atoms with van der Waals surface area (Å²) in [7, 11) is 1.54. The predicted octanol–water partition coefficient (Wildman–Crippen LogP) is 0.234. The second kappa shape index (κ2) is 6.40. The number of β-amino-alcohol motifs (C(OH)–C–C–N with tert-alkyl or cyclic N) is 1. The van der Waals surface area contributed by atoms with Crippen molar-refractivity contribution < 1.29 is 14.7 Å². The van der Waals surface area contributed by atoms with E-state index in [9.17, 15) is 14.7 Å². The Kier molecular flexibility index (Phi) is 4.57. The maximum Gasteiger partial charge on any atom is 0.248 e. The zero-order chi connectivity index (χ0) is 18.4. The second-order valence-corrected chi connectivity index (χ2v) is 7.84. The molecule has 1 aliphatic heterocycles. The van der Waals surface area contributed by atoms with Crippen LogP contribution in [0.1, 0.15) is 51.8 Å². The predicted molar refractivity (Wildman–Crippen MR) is 90.7 cm³/mol. The van der Waals surface area contributed by atoms with Crippen LogP contribution in [-0.4, -0.2) is 62.6 Å². The third kappa shape index (κ3) is 3.27. The fraction of sp³-hybridized carbons (Fsp3) is 0.765. The van der Waals surface area contributed by atoms with Gasteiger partial charge >= 0.3 is 0 Å². The lowest BCUT2D eigenvalue weighted by molar-refractivity contribution is -0.142. The van der Waals surface area contributed by atoms with Gasteiger partial charge in [0.2, 0.25) is 11.8 Å². The van der Waals surface area contributed by atoms with Gasteiger partial charge in [0.1, 0.15) is 12.1 Å². The number of likely N-dealkylation sites (N-methyl/N-ethyl adjacent to an activating group) is 1. The van der Waals surface area contributed by atoms with E-state index in [1.54, 1.807) is 4.68 Å². The first kappa shape index (κ1) is 17.8. The van der Waals surface area contributed by atoms with E-state index in [1.165, 1.54) is 11.9 Å². The summed E-state index contributed by atoms with van der Waals surface area (Å²) < 4.78 is 1.62. The molecule has 0 spiro atoms. The highest BCUT2D eigenvalue weighted by Gasteiger charge is 2.44. The van der Waals surface area contributed by atoms with E-state index in [2.05, 4.69) is 22.6 Å². The number of nitrogens with one attached hydrogen (secondary N) is 1. The molecule has 1 aromatic heterocycles. The minimum absolute atomic E-state index is 0.0165. The minimum atomic E-state index is -0.684. The molecule has 0 radical (unpaired) electrons. The standard InChI is InChI=1S/C17H27N5O3/c1-10(2)14(22-9-13(19-20-22)17(3)5-6-17)16(25)21-8-11(23)7-12(21)15(24)18-4/h9-12,14,23H,5-8H2,1-4H3,(H,18,24). The largest absolute Gasteiger partial charge is 0.391 e. The Morgan fingerprint density at radius 3 is 2.64 bits per heavy atom. The molecule has 8 heteroatoms. The zero-order valence-corrected chi connectivity index (χ0v) is 15.3. The summed E-state index contributed by atoms with van der Waals surface area (Å²) in [5, 5.41) is 21.0. The van der Waals surface area contributed by atoms with Crippen molar-refractivity contribution >= 4 is 11.8 Å². The number of nitrogens with zero attached hydrogens (tertiary/aromatic N) is 4. The van der Waals surface area contributed by atoms with Crippen LogP contribution in [0.2, 0.25) is 0 Å². The molecule has 8 nitrogen and oxygen atoms in total. The molecular weight excluding hydrogens is 322 g/mol. The third-order valence-corrected chi connectivity index (χ3v) is 5.41. The van der Waals surface area contributed by atoms with E-state index in [4.69, 9.17) is 0 Å². The fourth-order valence-corrected chi connectivity index (χ4v) is 3.48. The number of carbonyl (C=O) groups is 2. The fourth-order valence-electron chi connectivity index (χ4n) is 3.48. The number of likely N-dealkylation sites (tertiary alicyclic amines) is 1. The molecule has 1 saturated carbocycles. The first-order chi connectivity index (χ1) is 11.8. The van der Waals surface area contributed by atoms with Crippen molar-refractivity contribution in [2.24, 2.45) is 5.92 Å². The van der Waals surface area contributed by atoms with Crippen LogP contribution in [0.25, 0.3) is 0 Å². The summed E-state index contributed by atoms with van der Waals surface area (Å²) in [5.74, 6) is -0.466. The molecule has 2 amide bonds. The van der Waals surface area contributed by atoms with Crippen molar-refractivity contribution in [3.8, 4) is 0 Å². The minimum Gasteiger partial charge on any atom is -0.391 e. The number of hydrogen-bond donors (Lipinski definition) is 2. The van der Waals surface area contributed by atoms with Gasteiger partial charge in [0, 0.05) is 31.6 Å². The van der Waals surface area contributed by atoms with Crippen LogP contribution in [-0.2, 0) is 15.0 Å². The molecule has 2 aliphatic rings. The van der Waals surface area contributed by atoms with E-state index in [1.807, 2.05) is 20.0 Å². The van der Waals surface area contributed by atoms with Crippen LogP contribution in [0.3, 0.4) is 0 Å². The Morgan fingerprint density at radius 1 is 1.40 bits per heavy atom. The van der Waals surface area contributed by atoms with Crippen molar-refractivity contribution in [2.45, 2.75) is 63.6 Å². The number of amides is 2. The molecule has 2 fully saturated rings. The summed E-state index contributed by atoms with van der Waals surface area (Å²) in [6, 6.07) is -1.18. The van der Waals surface area contributed by atoms with Gasteiger partial charge in [-0.25, -0.2) is 4.68 Å². The lowest BCUT2D eigenvalue weighted by Gasteiger charge is -2.29. The van der Waals surface area contributed by atoms with Gasteiger partial charge in [-0.05, 0) is 18.8 Å². The Morgan fingerprint density at radius 2 is 2.08 bits per heavy atom. The normalized spacial score (nSPS) is 25.9. The molecule has 3 atom stereocenters. The molecule has 2 heterocycles. The van der Waals surface area contributed by atoms with E-state index in [0.29, 0.717) is 0 Å². The van der Waals surface area contributed by atoms with Crippen LogP contribution in [0.15, 0.2) is 6.20 Å². The van der Waals surface area contributed by atoms with Gasteiger partial charge < -0.3 is 15.3 Å². The van der Waals surface area contributed by atoms with Gasteiger partial charge in [-0.2, -0.15) is 0 Å². The molecule has 25 heavy (non-hydrogen) atoms. The number of aromatic nitrogens is 3. The summed E-state index contributed by atoms with van der Waals surface area (Å²) in [6.45, 7) is 6.21. The molecule has 1 saturated heterocycles. The van der Waals surface area contributed by atoms with Crippen molar-refractivity contribution in [2.75, 3.05) is 13.6 Å². The highest BCUT2D eigenvalue weighted by Crippen LogP contribution is 2.46. The summed E-state index contributed by atoms with van der Waals surface area (Å²) in [6.07, 6.45) is 3.61. The zero-order valence-electron chi connectivity index (χ0n) is 15.3. The van der Waals surface area contributed by atoms with Crippen LogP contribution in [0.5, 0.6) is 0 Å². The summed E-state index contributed by atoms with van der Waals surface area (Å²) >= 11 is 0. The number of rotatable bonds is 5. The second-order valence-electron chi connectivity index (χ2n) is 7.84. The highest BCUT2D eigenvalue weighted by atomic mass is 16.3. The van der Waals surface area contributed by atoms with Crippen molar-refractivity contribution in [3.05, 3.63) is 11.9 Å². The van der Waals surface area contributed by atoms with Gasteiger partial charge in [0.25, 0.3) is 0 Å². The Balaban J connectivity index is 1.86. The van der Waals surface area contributed by atoms with E-state index in [-0.39, 0.29) is 36.1 Å². The van der Waals surface area contributed by atoms with E-state index in [0.717, 1.165) is 18.5 Å². The Bertz CT molecular complexity index is 667. The van der Waals surface area contributed by atoms with Crippen LogP contribution in [0, 0.1) is 5.92 Å². The highest BCUT2D eigenvalue weighted by molar-refractivity contribution is 5.89. The van der Waals surface area contributed by atoms with Crippen LogP contribution >= 0.6 is 0 Å². The maximum absolute atomic E-state index is 13.2. The molecule has 3 rings (SSSR count). The van der Waals surface area contributed by atoms with Gasteiger partial charge in [0.15, 0.2) is 0 Å². The van der Waals surface area contributed by atoms with Crippen molar-refractivity contribution in [1.82, 2.24) is 25.2 Å². The SMILES string of the molecule is CNC(=O)C1CC(O)CN1C(=O)C(C(C)C)n1cc(C2(C)CC2)nn1. The van der Waals surface area contributed by atoms with Gasteiger partial charge in [0.05, 0.1) is 11.8 Å². The van der Waals surface area contributed by atoms with Gasteiger partial charge in [-0.3, -0.25) is 9.59 Å². The Labute approximate surface area is 147 Å². The topological polar surface area (TPSA) is 100 Å². The smallest absolute Gasteiger partial charge is 0.248 e. The van der Waals surface area contributed by atoms with Gasteiger partial charge in [-0.15, -0.1) is 5.10 Å². The maximum atomic E-state index is 13.2. The van der Waals surface area contributed by atoms with E-state index < -0.39 is 18.2 Å². The quantitative estimate of drug-likeness (QED) is 0.793. The average Bonchev–Trinajstić information content (AvgIpc) is 2.99. The lowest BCUT2D eigenvalue weighted by Crippen LogP contribution is -2.48. The molecule has 1 aromatic rings. The molecular formula is C17H27N5O3. The Hall–Kier alpha value is -1.96. The van der Waals surface area contributed by atoms with Crippen molar-refractivity contribution in [1.29, 1.82) is 0 Å². The molecule has 138 valence electrons. The first-order valence-electron chi connectivity index (χ1n) is 8.89. The molecule has 1 aliphatic carbocycles. The number of aliphatic hydroxyl groups is 1. The lowest BCUT2D eigenvalue weighted by atomic mass is 10.0. The molecule has 2 N–H and O–H groups in total. The molecule has 0 bridgehead atoms. The number of carbonyl (C=O) groups excluding carboxylic acids is 2. The number of hydrogen-bond acceptors (Lipinski definition) is 5.